The van der Waals surface area contributed by atoms with E-state index < -0.39 is 0 Å². The number of carbonyl (C=O) groups is 1. The Kier molecular flexibility index (Phi) is 4.84. The lowest BCUT2D eigenvalue weighted by Gasteiger charge is -2.13. The zero-order valence-corrected chi connectivity index (χ0v) is 10.3. The number of alkyl halides is 1. The van der Waals surface area contributed by atoms with Crippen molar-refractivity contribution in [1.82, 2.24) is 5.32 Å². The van der Waals surface area contributed by atoms with Crippen molar-refractivity contribution in [1.29, 1.82) is 0 Å². The first kappa shape index (κ1) is 12.3. The molecule has 0 bridgehead atoms. The maximum atomic E-state index is 11.1. The van der Waals surface area contributed by atoms with Crippen LogP contribution < -0.4 is 5.32 Å². The first-order chi connectivity index (χ1) is 7.15. The summed E-state index contributed by atoms with van der Waals surface area (Å²) in [5.74, 6) is 0.564. The second-order valence-corrected chi connectivity index (χ2v) is 4.24. The Morgan fingerprint density at radius 1 is 1.73 bits per heavy atom. The predicted octanol–water partition coefficient (Wildman–Crippen LogP) is 1.87. The van der Waals surface area contributed by atoms with Gasteiger partial charge in [-0.3, -0.25) is 4.79 Å². The molecule has 0 aliphatic heterocycles. The molecule has 0 spiro atoms. The summed E-state index contributed by atoms with van der Waals surface area (Å²) >= 11 is 3.23. The third-order valence-corrected chi connectivity index (χ3v) is 2.73. The molecule has 0 aliphatic rings. The fourth-order valence-corrected chi connectivity index (χ4v) is 1.50. The van der Waals surface area contributed by atoms with Crippen LogP contribution in [0.1, 0.15) is 18.7 Å². The van der Waals surface area contributed by atoms with Gasteiger partial charge in [0.1, 0.15) is 10.6 Å². The van der Waals surface area contributed by atoms with E-state index in [9.17, 15) is 4.79 Å². The van der Waals surface area contributed by atoms with E-state index in [1.807, 2.05) is 19.1 Å². The van der Waals surface area contributed by atoms with E-state index in [1.54, 1.807) is 6.26 Å². The molecular weight excluding hydrogens is 262 g/mol. The largest absolute Gasteiger partial charge is 0.468 e. The Hall–Kier alpha value is -0.810. The lowest BCUT2D eigenvalue weighted by molar-refractivity contribution is -0.139. The first-order valence-electron chi connectivity index (χ1n) is 4.64. The van der Waals surface area contributed by atoms with Crippen molar-refractivity contribution in [2.75, 3.05) is 13.7 Å². The molecule has 1 heterocycles. The van der Waals surface area contributed by atoms with Gasteiger partial charge in [-0.25, -0.2) is 0 Å². The molecule has 5 heteroatoms. The maximum absolute atomic E-state index is 11.1. The van der Waals surface area contributed by atoms with Crippen LogP contribution in [-0.2, 0) is 9.53 Å². The molecule has 0 saturated heterocycles. The molecule has 1 aromatic rings. The SMILES string of the molecule is COC(=O)C(Br)CN[C@H](C)c1ccco1. The fourth-order valence-electron chi connectivity index (χ4n) is 1.13. The van der Waals surface area contributed by atoms with Crippen LogP contribution >= 0.6 is 15.9 Å². The zero-order chi connectivity index (χ0) is 11.3. The molecule has 0 aliphatic carbocycles. The Morgan fingerprint density at radius 2 is 2.47 bits per heavy atom. The Labute approximate surface area is 97.1 Å². The zero-order valence-electron chi connectivity index (χ0n) is 8.70. The average molecular weight is 276 g/mol. The normalized spacial score (nSPS) is 14.6. The first-order valence-corrected chi connectivity index (χ1v) is 5.55. The van der Waals surface area contributed by atoms with Crippen molar-refractivity contribution >= 4 is 21.9 Å². The molecule has 4 nitrogen and oxygen atoms in total. The molecule has 0 radical (unpaired) electrons. The smallest absolute Gasteiger partial charge is 0.320 e. The Bertz CT molecular complexity index is 300. The minimum Gasteiger partial charge on any atom is -0.468 e. The number of nitrogens with one attached hydrogen (secondary N) is 1. The van der Waals surface area contributed by atoms with E-state index >= 15 is 0 Å². The van der Waals surface area contributed by atoms with Gasteiger partial charge in [0, 0.05) is 6.54 Å². The van der Waals surface area contributed by atoms with Crippen molar-refractivity contribution in [2.45, 2.75) is 17.8 Å². The molecular formula is C10H14BrNO3. The fraction of sp³-hybridized carbons (Fsp3) is 0.500. The molecule has 1 rings (SSSR count). The summed E-state index contributed by atoms with van der Waals surface area (Å²) in [5, 5.41) is 3.16. The van der Waals surface area contributed by atoms with Crippen LogP contribution in [0, 0.1) is 0 Å². The average Bonchev–Trinajstić information content (AvgIpc) is 2.77. The third-order valence-electron chi connectivity index (χ3n) is 2.03. The summed E-state index contributed by atoms with van der Waals surface area (Å²) in [4.78, 5) is 10.7. The molecule has 0 fully saturated rings. The summed E-state index contributed by atoms with van der Waals surface area (Å²) in [6.45, 7) is 2.46. The minimum absolute atomic E-state index is 0.0738. The molecule has 84 valence electrons. The number of hydrogen-bond acceptors (Lipinski definition) is 4. The van der Waals surface area contributed by atoms with Crippen LogP contribution in [0.25, 0.3) is 0 Å². The molecule has 15 heavy (non-hydrogen) atoms. The van der Waals surface area contributed by atoms with Crippen LogP contribution in [0.3, 0.4) is 0 Å². The molecule has 1 N–H and O–H groups in total. The summed E-state index contributed by atoms with van der Waals surface area (Å²) in [7, 11) is 1.37. The predicted molar refractivity (Wildman–Crippen MR) is 59.9 cm³/mol. The van der Waals surface area contributed by atoms with Gasteiger partial charge in [0.2, 0.25) is 0 Å². The number of esters is 1. The summed E-state index contributed by atoms with van der Waals surface area (Å²) in [6.07, 6.45) is 1.62. The summed E-state index contributed by atoms with van der Waals surface area (Å²) in [5.41, 5.74) is 0. The molecule has 0 amide bonds. The standard InChI is InChI=1S/C10H14BrNO3/c1-7(9-4-3-5-15-9)12-6-8(11)10(13)14-2/h3-5,7-8,12H,6H2,1-2H3/t7-,8?/m1/s1. The van der Waals surface area contributed by atoms with E-state index in [0.717, 1.165) is 5.76 Å². The van der Waals surface area contributed by atoms with Crippen molar-refractivity contribution in [3.63, 3.8) is 0 Å². The van der Waals surface area contributed by atoms with Gasteiger partial charge in [0.25, 0.3) is 0 Å². The monoisotopic (exact) mass is 275 g/mol. The third kappa shape index (κ3) is 3.68. The lowest BCUT2D eigenvalue weighted by Crippen LogP contribution is -2.31. The van der Waals surface area contributed by atoms with Gasteiger partial charge >= 0.3 is 5.97 Å². The number of hydrogen-bond donors (Lipinski definition) is 1. The van der Waals surface area contributed by atoms with Crippen molar-refractivity contribution in [3.05, 3.63) is 24.2 Å². The van der Waals surface area contributed by atoms with E-state index in [-0.39, 0.29) is 16.8 Å². The number of methoxy groups -OCH3 is 1. The molecule has 0 aromatic carbocycles. The van der Waals surface area contributed by atoms with Crippen LogP contribution in [0.5, 0.6) is 0 Å². The van der Waals surface area contributed by atoms with Crippen LogP contribution in [-0.4, -0.2) is 24.5 Å². The maximum Gasteiger partial charge on any atom is 0.320 e. The number of furan rings is 1. The highest BCUT2D eigenvalue weighted by atomic mass is 79.9. The molecule has 2 atom stereocenters. The molecule has 0 saturated carbocycles. The highest BCUT2D eigenvalue weighted by Crippen LogP contribution is 2.12. The van der Waals surface area contributed by atoms with Gasteiger partial charge in [0.15, 0.2) is 0 Å². The second kappa shape index (κ2) is 5.92. The summed E-state index contributed by atoms with van der Waals surface area (Å²) in [6, 6.07) is 3.79. The summed E-state index contributed by atoms with van der Waals surface area (Å²) < 4.78 is 9.81. The van der Waals surface area contributed by atoms with Gasteiger partial charge in [0.05, 0.1) is 19.4 Å². The number of ether oxygens (including phenoxy) is 1. The van der Waals surface area contributed by atoms with Gasteiger partial charge in [-0.05, 0) is 19.1 Å². The Balaban J connectivity index is 2.34. The van der Waals surface area contributed by atoms with Crippen molar-refractivity contribution < 1.29 is 13.9 Å². The van der Waals surface area contributed by atoms with E-state index in [1.165, 1.54) is 7.11 Å². The van der Waals surface area contributed by atoms with Crippen molar-refractivity contribution in [3.8, 4) is 0 Å². The lowest BCUT2D eigenvalue weighted by atomic mass is 10.2. The van der Waals surface area contributed by atoms with Gasteiger partial charge in [-0.1, -0.05) is 15.9 Å². The Morgan fingerprint density at radius 3 is 3.00 bits per heavy atom. The molecule has 1 unspecified atom stereocenters. The highest BCUT2D eigenvalue weighted by Gasteiger charge is 2.16. The number of rotatable bonds is 5. The van der Waals surface area contributed by atoms with Gasteiger partial charge < -0.3 is 14.5 Å². The topological polar surface area (TPSA) is 51.5 Å². The highest BCUT2D eigenvalue weighted by molar-refractivity contribution is 9.10. The van der Waals surface area contributed by atoms with Crippen LogP contribution in [0.2, 0.25) is 0 Å². The van der Waals surface area contributed by atoms with E-state index in [2.05, 4.69) is 26.0 Å². The van der Waals surface area contributed by atoms with Gasteiger partial charge in [-0.15, -0.1) is 0 Å². The van der Waals surface area contributed by atoms with Crippen molar-refractivity contribution in [2.24, 2.45) is 0 Å². The minimum atomic E-state index is -0.333. The van der Waals surface area contributed by atoms with E-state index in [0.29, 0.717) is 6.54 Å². The van der Waals surface area contributed by atoms with E-state index in [4.69, 9.17) is 4.42 Å². The van der Waals surface area contributed by atoms with Crippen LogP contribution in [0.4, 0.5) is 0 Å². The van der Waals surface area contributed by atoms with Gasteiger partial charge in [-0.2, -0.15) is 0 Å². The van der Waals surface area contributed by atoms with Crippen LogP contribution in [0.15, 0.2) is 22.8 Å². The molecule has 1 aromatic heterocycles. The number of halogens is 1. The quantitative estimate of drug-likeness (QED) is 0.659. The number of carbonyl (C=O) groups excluding carboxylic acids is 1. The second-order valence-electron chi connectivity index (χ2n) is 3.14.